The third kappa shape index (κ3) is 5.28. The fraction of sp³-hybridized carbons (Fsp3) is 0.381. The molecule has 11 heteroatoms. The van der Waals surface area contributed by atoms with E-state index in [-0.39, 0.29) is 41.5 Å². The standard InChI is InChI=1S/C21H25N3O6S2/c1-2-29-15-16-30-19-7-9-20(10-8-19)31(25,26)23-11-13-24(14-12-23)32(27,28)21-6-4-3-5-18(21)17-22/h3-10H,2,11-16H2,1H3. The molecular weight excluding hydrogens is 454 g/mol. The minimum absolute atomic E-state index is 0.0000502. The molecule has 0 unspecified atom stereocenters. The molecular formula is C21H25N3O6S2. The Morgan fingerprint density at radius 3 is 2.06 bits per heavy atom. The van der Waals surface area contributed by atoms with E-state index in [1.165, 1.54) is 32.9 Å². The van der Waals surface area contributed by atoms with Crippen molar-refractivity contribution in [3.63, 3.8) is 0 Å². The van der Waals surface area contributed by atoms with Crippen molar-refractivity contribution < 1.29 is 26.3 Å². The van der Waals surface area contributed by atoms with Crippen molar-refractivity contribution in [3.8, 4) is 11.8 Å². The lowest BCUT2D eigenvalue weighted by atomic mass is 10.2. The molecule has 9 nitrogen and oxygen atoms in total. The van der Waals surface area contributed by atoms with E-state index in [0.29, 0.717) is 25.6 Å². The molecule has 3 rings (SSSR count). The summed E-state index contributed by atoms with van der Waals surface area (Å²) in [5.74, 6) is 0.538. The van der Waals surface area contributed by atoms with Gasteiger partial charge in [0.25, 0.3) is 0 Å². The molecule has 0 aliphatic carbocycles. The van der Waals surface area contributed by atoms with Crippen LogP contribution in [0.2, 0.25) is 0 Å². The van der Waals surface area contributed by atoms with Gasteiger partial charge in [0, 0.05) is 32.8 Å². The molecule has 2 aromatic carbocycles. The van der Waals surface area contributed by atoms with Gasteiger partial charge in [0.05, 0.1) is 22.0 Å². The maximum Gasteiger partial charge on any atom is 0.244 e. The first kappa shape index (κ1) is 24.2. The Balaban J connectivity index is 1.66. The summed E-state index contributed by atoms with van der Waals surface area (Å²) in [5.41, 5.74) is 0.0612. The van der Waals surface area contributed by atoms with Crippen molar-refractivity contribution in [1.82, 2.24) is 8.61 Å². The number of nitriles is 1. The smallest absolute Gasteiger partial charge is 0.244 e. The van der Waals surface area contributed by atoms with E-state index >= 15 is 0 Å². The van der Waals surface area contributed by atoms with E-state index in [1.807, 2.05) is 13.0 Å². The Kier molecular flexibility index (Phi) is 7.86. The third-order valence-electron chi connectivity index (χ3n) is 4.98. The molecule has 0 atom stereocenters. The monoisotopic (exact) mass is 479 g/mol. The zero-order chi connectivity index (χ0) is 23.2. The lowest BCUT2D eigenvalue weighted by Crippen LogP contribution is -2.50. The number of nitrogens with zero attached hydrogens (tertiary/aromatic N) is 3. The van der Waals surface area contributed by atoms with Crippen molar-refractivity contribution >= 4 is 20.0 Å². The summed E-state index contributed by atoms with van der Waals surface area (Å²) in [7, 11) is -7.67. The largest absolute Gasteiger partial charge is 0.491 e. The van der Waals surface area contributed by atoms with Gasteiger partial charge in [0.15, 0.2) is 0 Å². The van der Waals surface area contributed by atoms with Gasteiger partial charge >= 0.3 is 0 Å². The molecule has 0 aromatic heterocycles. The second-order valence-electron chi connectivity index (χ2n) is 6.93. The highest BCUT2D eigenvalue weighted by Gasteiger charge is 2.34. The summed E-state index contributed by atoms with van der Waals surface area (Å²) in [6.45, 7) is 3.33. The van der Waals surface area contributed by atoms with Crippen LogP contribution in [0.15, 0.2) is 58.3 Å². The molecule has 0 bridgehead atoms. The Hall–Kier alpha value is -2.49. The lowest BCUT2D eigenvalue weighted by Gasteiger charge is -2.33. The highest BCUT2D eigenvalue weighted by molar-refractivity contribution is 7.89. The van der Waals surface area contributed by atoms with E-state index in [1.54, 1.807) is 24.3 Å². The van der Waals surface area contributed by atoms with E-state index in [9.17, 15) is 22.1 Å². The van der Waals surface area contributed by atoms with E-state index in [4.69, 9.17) is 9.47 Å². The zero-order valence-electron chi connectivity index (χ0n) is 17.7. The molecule has 1 heterocycles. The minimum atomic E-state index is -3.89. The molecule has 1 fully saturated rings. The zero-order valence-corrected chi connectivity index (χ0v) is 19.3. The van der Waals surface area contributed by atoms with Crippen molar-refractivity contribution in [2.75, 3.05) is 46.0 Å². The topological polar surface area (TPSA) is 117 Å². The van der Waals surface area contributed by atoms with Gasteiger partial charge in [0.1, 0.15) is 18.4 Å². The number of benzene rings is 2. The van der Waals surface area contributed by atoms with Gasteiger partial charge in [-0.25, -0.2) is 16.8 Å². The average Bonchev–Trinajstić information content (AvgIpc) is 2.82. The molecule has 0 N–H and O–H groups in total. The first-order valence-corrected chi connectivity index (χ1v) is 13.0. The summed E-state index contributed by atoms with van der Waals surface area (Å²) in [6.07, 6.45) is 0. The second kappa shape index (κ2) is 10.4. The molecule has 0 saturated carbocycles. The Bertz CT molecular complexity index is 1170. The van der Waals surface area contributed by atoms with Crippen LogP contribution in [0.3, 0.4) is 0 Å². The number of hydrogen-bond acceptors (Lipinski definition) is 7. The summed E-state index contributed by atoms with van der Waals surface area (Å²) in [4.78, 5) is 0.0412. The predicted molar refractivity (Wildman–Crippen MR) is 117 cm³/mol. The summed E-state index contributed by atoms with van der Waals surface area (Å²) in [6, 6.07) is 14.0. The Labute approximate surface area is 188 Å². The number of piperazine rings is 1. The van der Waals surface area contributed by atoms with Crippen molar-refractivity contribution in [2.24, 2.45) is 0 Å². The first-order valence-electron chi connectivity index (χ1n) is 10.1. The summed E-state index contributed by atoms with van der Waals surface area (Å²) < 4.78 is 65.0. The van der Waals surface area contributed by atoms with Crippen molar-refractivity contribution in [2.45, 2.75) is 16.7 Å². The van der Waals surface area contributed by atoms with E-state index in [2.05, 4.69) is 0 Å². The molecule has 1 aliphatic rings. The third-order valence-corrected chi connectivity index (χ3v) is 8.85. The van der Waals surface area contributed by atoms with Crippen molar-refractivity contribution in [1.29, 1.82) is 5.26 Å². The predicted octanol–water partition coefficient (Wildman–Crippen LogP) is 1.67. The average molecular weight is 480 g/mol. The van der Waals surface area contributed by atoms with E-state index in [0.717, 1.165) is 0 Å². The first-order chi connectivity index (χ1) is 15.3. The normalized spacial score (nSPS) is 15.9. The number of ether oxygens (including phenoxy) is 2. The lowest BCUT2D eigenvalue weighted by molar-refractivity contribution is 0.110. The van der Waals surface area contributed by atoms with Gasteiger partial charge in [-0.2, -0.15) is 13.9 Å². The maximum absolute atomic E-state index is 13.0. The maximum atomic E-state index is 13.0. The SMILES string of the molecule is CCOCCOc1ccc(S(=O)(=O)N2CCN(S(=O)(=O)c3ccccc3C#N)CC2)cc1. The van der Waals surface area contributed by atoms with Crippen LogP contribution >= 0.6 is 0 Å². The highest BCUT2D eigenvalue weighted by Crippen LogP contribution is 2.24. The molecule has 1 aliphatic heterocycles. The Morgan fingerprint density at radius 1 is 0.875 bits per heavy atom. The second-order valence-corrected chi connectivity index (χ2v) is 10.8. The molecule has 1 saturated heterocycles. The van der Waals surface area contributed by atoms with Gasteiger partial charge in [-0.1, -0.05) is 12.1 Å². The van der Waals surface area contributed by atoms with Crippen LogP contribution in [0, 0.1) is 11.3 Å². The van der Waals surface area contributed by atoms with Crippen molar-refractivity contribution in [3.05, 3.63) is 54.1 Å². The van der Waals surface area contributed by atoms with Crippen LogP contribution in [0.1, 0.15) is 12.5 Å². The quantitative estimate of drug-likeness (QED) is 0.502. The molecule has 32 heavy (non-hydrogen) atoms. The summed E-state index contributed by atoms with van der Waals surface area (Å²) in [5, 5.41) is 9.21. The fourth-order valence-corrected chi connectivity index (χ4v) is 6.28. The molecule has 2 aromatic rings. The molecule has 172 valence electrons. The minimum Gasteiger partial charge on any atom is -0.491 e. The van der Waals surface area contributed by atoms with Crippen LogP contribution in [-0.4, -0.2) is 71.4 Å². The summed E-state index contributed by atoms with van der Waals surface area (Å²) >= 11 is 0. The van der Waals surface area contributed by atoms with Crippen LogP contribution in [-0.2, 0) is 24.8 Å². The molecule has 0 spiro atoms. The van der Waals surface area contributed by atoms with Gasteiger partial charge in [-0.15, -0.1) is 0 Å². The van der Waals surface area contributed by atoms with Crippen LogP contribution < -0.4 is 4.74 Å². The van der Waals surface area contributed by atoms with Gasteiger partial charge in [-0.3, -0.25) is 0 Å². The van der Waals surface area contributed by atoms with E-state index < -0.39 is 20.0 Å². The van der Waals surface area contributed by atoms with Gasteiger partial charge < -0.3 is 9.47 Å². The molecule has 0 radical (unpaired) electrons. The van der Waals surface area contributed by atoms with Gasteiger partial charge in [-0.05, 0) is 43.3 Å². The van der Waals surface area contributed by atoms with Crippen LogP contribution in [0.25, 0.3) is 0 Å². The van der Waals surface area contributed by atoms with Crippen LogP contribution in [0.5, 0.6) is 5.75 Å². The van der Waals surface area contributed by atoms with Gasteiger partial charge in [0.2, 0.25) is 20.0 Å². The fourth-order valence-electron chi connectivity index (χ4n) is 3.29. The number of sulfonamides is 2. The van der Waals surface area contributed by atoms with Crippen LogP contribution in [0.4, 0.5) is 0 Å². The molecule has 0 amide bonds. The number of hydrogen-bond donors (Lipinski definition) is 0. The number of rotatable bonds is 9. The Morgan fingerprint density at radius 2 is 1.47 bits per heavy atom. The highest BCUT2D eigenvalue weighted by atomic mass is 32.2.